The maximum atomic E-state index is 2.40. The average molecular weight is 412 g/mol. The quantitative estimate of drug-likeness (QED) is 0.302. The van der Waals surface area contributed by atoms with Gasteiger partial charge in [-0.3, -0.25) is 0 Å². The van der Waals surface area contributed by atoms with Crippen molar-refractivity contribution in [2.24, 2.45) is 0 Å². The summed E-state index contributed by atoms with van der Waals surface area (Å²) in [7, 11) is 0. The molecule has 0 bridgehead atoms. The lowest BCUT2D eigenvalue weighted by Crippen LogP contribution is -3.00. The Morgan fingerprint density at radius 3 is 1.56 bits per heavy atom. The Morgan fingerprint density at radius 2 is 1.12 bits per heavy atom. The van der Waals surface area contributed by atoms with Crippen LogP contribution in [-0.2, 0) is 6.54 Å². The van der Waals surface area contributed by atoms with Gasteiger partial charge in [-0.15, -0.1) is 0 Å². The number of pyridine rings is 1. The number of nitrogens with zero attached hydrogens (tertiary/aromatic N) is 1. The molecule has 0 spiro atoms. The molecule has 1 aromatic heterocycles. The topological polar surface area (TPSA) is 3.88 Å². The SMILES string of the molecule is CCCCCCCCCCCCCCCC[n+]1ccc(C)cc1C.[Br-]. The van der Waals surface area contributed by atoms with E-state index in [2.05, 4.69) is 43.7 Å². The normalized spacial score (nSPS) is 10.7. The fraction of sp³-hybridized carbons (Fsp3) is 0.783. The van der Waals surface area contributed by atoms with Gasteiger partial charge in [0.15, 0.2) is 11.9 Å². The highest BCUT2D eigenvalue weighted by Gasteiger charge is 2.05. The molecule has 0 radical (unpaired) electrons. The molecule has 146 valence electrons. The van der Waals surface area contributed by atoms with Crippen LogP contribution in [0.25, 0.3) is 0 Å². The maximum absolute atomic E-state index is 2.40. The number of hydrogen-bond acceptors (Lipinski definition) is 0. The lowest BCUT2D eigenvalue weighted by Gasteiger charge is -2.03. The van der Waals surface area contributed by atoms with Crippen LogP contribution >= 0.6 is 0 Å². The minimum Gasteiger partial charge on any atom is -1.00 e. The van der Waals surface area contributed by atoms with Crippen LogP contribution in [0, 0.1) is 13.8 Å². The van der Waals surface area contributed by atoms with Gasteiger partial charge in [0.1, 0.15) is 6.54 Å². The van der Waals surface area contributed by atoms with Crippen molar-refractivity contribution in [3.8, 4) is 0 Å². The highest BCUT2D eigenvalue weighted by Crippen LogP contribution is 2.13. The predicted octanol–water partition coefficient (Wildman–Crippen LogP) is 4.08. The zero-order valence-corrected chi connectivity index (χ0v) is 18.7. The number of aryl methyl sites for hydroxylation is 3. The third-order valence-electron chi connectivity index (χ3n) is 5.16. The molecule has 0 fully saturated rings. The van der Waals surface area contributed by atoms with Crippen LogP contribution in [0.1, 0.15) is 108 Å². The largest absolute Gasteiger partial charge is 1.00 e. The molecule has 0 saturated carbocycles. The summed E-state index contributed by atoms with van der Waals surface area (Å²) in [5.41, 5.74) is 2.76. The van der Waals surface area contributed by atoms with E-state index in [0.717, 1.165) is 0 Å². The van der Waals surface area contributed by atoms with Crippen molar-refractivity contribution in [3.63, 3.8) is 0 Å². The van der Waals surface area contributed by atoms with Crippen LogP contribution in [0.5, 0.6) is 0 Å². The van der Waals surface area contributed by atoms with Crippen LogP contribution in [-0.4, -0.2) is 0 Å². The molecule has 0 saturated heterocycles. The maximum Gasteiger partial charge on any atom is 0.178 e. The summed E-state index contributed by atoms with van der Waals surface area (Å²) in [6.45, 7) is 7.87. The summed E-state index contributed by atoms with van der Waals surface area (Å²) in [6, 6.07) is 4.50. The molecule has 1 nitrogen and oxygen atoms in total. The van der Waals surface area contributed by atoms with E-state index in [1.54, 1.807) is 0 Å². The number of rotatable bonds is 15. The van der Waals surface area contributed by atoms with Crippen LogP contribution in [0.4, 0.5) is 0 Å². The molecule has 1 aromatic rings. The fourth-order valence-electron chi connectivity index (χ4n) is 3.51. The summed E-state index contributed by atoms with van der Waals surface area (Å²) >= 11 is 0. The summed E-state index contributed by atoms with van der Waals surface area (Å²) < 4.78 is 2.40. The Morgan fingerprint density at radius 1 is 0.680 bits per heavy atom. The van der Waals surface area contributed by atoms with E-state index < -0.39 is 0 Å². The molecule has 0 N–H and O–H groups in total. The van der Waals surface area contributed by atoms with Gasteiger partial charge in [-0.1, -0.05) is 84.0 Å². The highest BCUT2D eigenvalue weighted by molar-refractivity contribution is 5.08. The molecule has 0 amide bonds. The van der Waals surface area contributed by atoms with Crippen molar-refractivity contribution >= 4 is 0 Å². The van der Waals surface area contributed by atoms with E-state index in [0.29, 0.717) is 0 Å². The van der Waals surface area contributed by atoms with Crippen molar-refractivity contribution in [1.82, 2.24) is 0 Å². The van der Waals surface area contributed by atoms with Gasteiger partial charge in [-0.05, 0) is 18.9 Å². The second-order valence-corrected chi connectivity index (χ2v) is 7.64. The van der Waals surface area contributed by atoms with E-state index >= 15 is 0 Å². The minimum absolute atomic E-state index is 0. The number of hydrogen-bond donors (Lipinski definition) is 0. The summed E-state index contributed by atoms with van der Waals surface area (Å²) in [4.78, 5) is 0. The standard InChI is InChI=1S/C23H42N.BrH/c1-4-5-6-7-8-9-10-11-12-13-14-15-16-17-19-24-20-18-22(2)21-23(24)3;/h18,20-21H,4-17,19H2,1-3H3;1H/q+1;/p-1. The summed E-state index contributed by atoms with van der Waals surface area (Å²) in [5, 5.41) is 0. The van der Waals surface area contributed by atoms with Gasteiger partial charge in [0, 0.05) is 25.5 Å². The zero-order chi connectivity index (χ0) is 17.5. The molecule has 0 aliphatic rings. The third-order valence-corrected chi connectivity index (χ3v) is 5.16. The van der Waals surface area contributed by atoms with Gasteiger partial charge in [-0.2, -0.15) is 0 Å². The molecule has 1 heterocycles. The highest BCUT2D eigenvalue weighted by atomic mass is 79.9. The number of aromatic nitrogens is 1. The van der Waals surface area contributed by atoms with Gasteiger partial charge in [0.2, 0.25) is 0 Å². The van der Waals surface area contributed by atoms with E-state index in [1.165, 1.54) is 108 Å². The monoisotopic (exact) mass is 411 g/mol. The molecule has 0 aromatic carbocycles. The van der Waals surface area contributed by atoms with Gasteiger partial charge in [0.05, 0.1) is 0 Å². The molecule has 2 heteroatoms. The van der Waals surface area contributed by atoms with Crippen LogP contribution in [0.3, 0.4) is 0 Å². The molecule has 0 aliphatic heterocycles. The first-order chi connectivity index (χ1) is 11.7. The van der Waals surface area contributed by atoms with E-state index in [1.807, 2.05) is 0 Å². The second kappa shape index (κ2) is 17.1. The third kappa shape index (κ3) is 13.5. The van der Waals surface area contributed by atoms with Crippen LogP contribution in [0.15, 0.2) is 18.3 Å². The first kappa shape index (κ1) is 24.6. The molecule has 0 unspecified atom stereocenters. The smallest absolute Gasteiger partial charge is 0.178 e. The molecule has 0 atom stereocenters. The lowest BCUT2D eigenvalue weighted by atomic mass is 10.0. The second-order valence-electron chi connectivity index (χ2n) is 7.64. The molecule has 0 aliphatic carbocycles. The molecular formula is C23H42BrN. The van der Waals surface area contributed by atoms with Crippen molar-refractivity contribution < 1.29 is 21.5 Å². The fourth-order valence-corrected chi connectivity index (χ4v) is 3.51. The minimum atomic E-state index is 0. The Hall–Kier alpha value is -0.370. The Kier molecular flexibility index (Phi) is 16.8. The Balaban J connectivity index is 0.00000576. The first-order valence-corrected chi connectivity index (χ1v) is 10.7. The van der Waals surface area contributed by atoms with E-state index in [-0.39, 0.29) is 17.0 Å². The molecule has 1 rings (SSSR count). The van der Waals surface area contributed by atoms with E-state index in [9.17, 15) is 0 Å². The zero-order valence-electron chi connectivity index (χ0n) is 17.2. The van der Waals surface area contributed by atoms with Gasteiger partial charge >= 0.3 is 0 Å². The van der Waals surface area contributed by atoms with Crippen LogP contribution < -0.4 is 21.5 Å². The lowest BCUT2D eigenvalue weighted by molar-refractivity contribution is -0.703. The summed E-state index contributed by atoms with van der Waals surface area (Å²) in [5.74, 6) is 0. The Labute approximate surface area is 168 Å². The predicted molar refractivity (Wildman–Crippen MR) is 106 cm³/mol. The molecule has 25 heavy (non-hydrogen) atoms. The van der Waals surface area contributed by atoms with E-state index in [4.69, 9.17) is 0 Å². The average Bonchev–Trinajstić information content (AvgIpc) is 2.57. The summed E-state index contributed by atoms with van der Waals surface area (Å²) in [6.07, 6.45) is 22.3. The van der Waals surface area contributed by atoms with Gasteiger partial charge in [-0.25, -0.2) is 4.57 Å². The van der Waals surface area contributed by atoms with Crippen molar-refractivity contribution in [2.75, 3.05) is 0 Å². The number of halogens is 1. The Bertz CT molecular complexity index is 417. The molecular weight excluding hydrogens is 370 g/mol. The number of unbranched alkanes of at least 4 members (excludes halogenated alkanes) is 13. The van der Waals surface area contributed by atoms with Crippen molar-refractivity contribution in [2.45, 2.75) is 117 Å². The van der Waals surface area contributed by atoms with Crippen LogP contribution in [0.2, 0.25) is 0 Å². The first-order valence-electron chi connectivity index (χ1n) is 10.7. The van der Waals surface area contributed by atoms with Gasteiger partial charge < -0.3 is 17.0 Å². The van der Waals surface area contributed by atoms with Crippen molar-refractivity contribution in [1.29, 1.82) is 0 Å². The van der Waals surface area contributed by atoms with Gasteiger partial charge in [0.25, 0.3) is 0 Å². The van der Waals surface area contributed by atoms with Crippen molar-refractivity contribution in [3.05, 3.63) is 29.6 Å².